The summed E-state index contributed by atoms with van der Waals surface area (Å²) in [5.41, 5.74) is 2.04. The van der Waals surface area contributed by atoms with Crippen LogP contribution >= 0.6 is 0 Å². The maximum atomic E-state index is 12.2. The SMILES string of the molecule is CC(=O)c1ccc(NC(=O)Cn2nnnc2-c2ccccc2)cc1. The van der Waals surface area contributed by atoms with E-state index in [0.29, 0.717) is 17.1 Å². The minimum absolute atomic E-state index is 0.00825. The van der Waals surface area contributed by atoms with Crippen molar-refractivity contribution in [3.63, 3.8) is 0 Å². The van der Waals surface area contributed by atoms with E-state index < -0.39 is 0 Å². The zero-order chi connectivity index (χ0) is 16.9. The monoisotopic (exact) mass is 321 g/mol. The predicted molar refractivity (Wildman–Crippen MR) is 88.3 cm³/mol. The Hall–Kier alpha value is -3.35. The van der Waals surface area contributed by atoms with Gasteiger partial charge in [0.2, 0.25) is 5.91 Å². The summed E-state index contributed by atoms with van der Waals surface area (Å²) < 4.78 is 1.44. The molecular weight excluding hydrogens is 306 g/mol. The lowest BCUT2D eigenvalue weighted by Gasteiger charge is -2.07. The van der Waals surface area contributed by atoms with E-state index in [-0.39, 0.29) is 18.2 Å². The molecular formula is C17H15N5O2. The van der Waals surface area contributed by atoms with Gasteiger partial charge < -0.3 is 5.32 Å². The molecule has 0 bridgehead atoms. The maximum absolute atomic E-state index is 12.2. The highest BCUT2D eigenvalue weighted by atomic mass is 16.2. The van der Waals surface area contributed by atoms with E-state index in [4.69, 9.17) is 0 Å². The second-order valence-corrected chi connectivity index (χ2v) is 5.21. The molecule has 3 rings (SSSR count). The van der Waals surface area contributed by atoms with E-state index in [2.05, 4.69) is 20.8 Å². The van der Waals surface area contributed by atoms with Crippen LogP contribution in [0.25, 0.3) is 11.4 Å². The van der Waals surface area contributed by atoms with Crippen molar-refractivity contribution < 1.29 is 9.59 Å². The molecule has 1 heterocycles. The second kappa shape index (κ2) is 6.82. The number of amides is 1. The molecule has 2 aromatic carbocycles. The maximum Gasteiger partial charge on any atom is 0.246 e. The summed E-state index contributed by atoms with van der Waals surface area (Å²) in [6.45, 7) is 1.49. The average molecular weight is 321 g/mol. The van der Waals surface area contributed by atoms with Gasteiger partial charge in [-0.05, 0) is 41.6 Å². The standard InChI is InChI=1S/C17H15N5O2/c1-12(23)13-7-9-15(10-8-13)18-16(24)11-22-17(19-20-21-22)14-5-3-2-4-6-14/h2-10H,11H2,1H3,(H,18,24). The first-order valence-electron chi connectivity index (χ1n) is 7.36. The van der Waals surface area contributed by atoms with Gasteiger partial charge in [-0.15, -0.1) is 5.10 Å². The van der Waals surface area contributed by atoms with Crippen molar-refractivity contribution in [2.75, 3.05) is 5.32 Å². The van der Waals surface area contributed by atoms with E-state index in [0.717, 1.165) is 5.56 Å². The smallest absolute Gasteiger partial charge is 0.246 e. The number of carbonyl (C=O) groups is 2. The van der Waals surface area contributed by atoms with Crippen LogP contribution in [0.1, 0.15) is 17.3 Å². The molecule has 7 nitrogen and oxygen atoms in total. The van der Waals surface area contributed by atoms with Crippen LogP contribution in [0.2, 0.25) is 0 Å². The zero-order valence-corrected chi connectivity index (χ0v) is 13.0. The first-order valence-corrected chi connectivity index (χ1v) is 7.36. The molecule has 0 saturated carbocycles. The molecule has 0 radical (unpaired) electrons. The van der Waals surface area contributed by atoms with Crippen LogP contribution < -0.4 is 5.32 Å². The number of rotatable bonds is 5. The van der Waals surface area contributed by atoms with Crippen LogP contribution in [0.15, 0.2) is 54.6 Å². The minimum Gasteiger partial charge on any atom is -0.324 e. The molecule has 1 N–H and O–H groups in total. The molecule has 120 valence electrons. The molecule has 0 unspecified atom stereocenters. The van der Waals surface area contributed by atoms with Crippen molar-refractivity contribution in [2.24, 2.45) is 0 Å². The largest absolute Gasteiger partial charge is 0.324 e. The predicted octanol–water partition coefficient (Wildman–Crippen LogP) is 2.18. The number of anilines is 1. The fourth-order valence-corrected chi connectivity index (χ4v) is 2.23. The fourth-order valence-electron chi connectivity index (χ4n) is 2.23. The number of Topliss-reactive ketones (excluding diaryl/α,β-unsaturated/α-hetero) is 1. The quantitative estimate of drug-likeness (QED) is 0.727. The van der Waals surface area contributed by atoms with E-state index in [1.807, 2.05) is 30.3 Å². The van der Waals surface area contributed by atoms with Gasteiger partial charge in [-0.2, -0.15) is 0 Å². The Morgan fingerprint density at radius 3 is 2.42 bits per heavy atom. The number of aromatic nitrogens is 4. The van der Waals surface area contributed by atoms with Gasteiger partial charge in [0.05, 0.1) is 0 Å². The summed E-state index contributed by atoms with van der Waals surface area (Å²) in [6, 6.07) is 16.1. The summed E-state index contributed by atoms with van der Waals surface area (Å²) in [7, 11) is 0. The van der Waals surface area contributed by atoms with Crippen LogP contribution in [-0.4, -0.2) is 31.9 Å². The molecule has 1 aromatic heterocycles. The van der Waals surface area contributed by atoms with Crippen molar-refractivity contribution in [3.05, 3.63) is 60.2 Å². The van der Waals surface area contributed by atoms with E-state index in [9.17, 15) is 9.59 Å². The number of carbonyl (C=O) groups excluding carboxylic acids is 2. The molecule has 24 heavy (non-hydrogen) atoms. The normalized spacial score (nSPS) is 10.4. The first-order chi connectivity index (χ1) is 11.6. The molecule has 0 aliphatic rings. The number of nitrogens with one attached hydrogen (secondary N) is 1. The van der Waals surface area contributed by atoms with Crippen molar-refractivity contribution in [1.29, 1.82) is 0 Å². The minimum atomic E-state index is -0.255. The van der Waals surface area contributed by atoms with Crippen LogP contribution in [0, 0.1) is 0 Å². The molecule has 0 aliphatic carbocycles. The Labute approximate surface area is 138 Å². The van der Waals surface area contributed by atoms with Crippen LogP contribution in [0.5, 0.6) is 0 Å². The third-order valence-corrected chi connectivity index (χ3v) is 3.43. The van der Waals surface area contributed by atoms with Gasteiger partial charge >= 0.3 is 0 Å². The fraction of sp³-hybridized carbons (Fsp3) is 0.118. The Kier molecular flexibility index (Phi) is 4.42. The number of benzene rings is 2. The van der Waals surface area contributed by atoms with Gasteiger partial charge in [-0.1, -0.05) is 30.3 Å². The van der Waals surface area contributed by atoms with Gasteiger partial charge in [0, 0.05) is 16.8 Å². The summed E-state index contributed by atoms with van der Waals surface area (Å²) in [6.07, 6.45) is 0. The van der Waals surface area contributed by atoms with Crippen LogP contribution in [0.4, 0.5) is 5.69 Å². The van der Waals surface area contributed by atoms with Crippen LogP contribution in [0.3, 0.4) is 0 Å². The number of hydrogen-bond donors (Lipinski definition) is 1. The van der Waals surface area contributed by atoms with Gasteiger partial charge in [-0.25, -0.2) is 4.68 Å². The van der Waals surface area contributed by atoms with Gasteiger partial charge in [-0.3, -0.25) is 9.59 Å². The lowest BCUT2D eigenvalue weighted by molar-refractivity contribution is -0.116. The molecule has 0 atom stereocenters. The highest BCUT2D eigenvalue weighted by Crippen LogP contribution is 2.15. The second-order valence-electron chi connectivity index (χ2n) is 5.21. The summed E-state index contributed by atoms with van der Waals surface area (Å²) in [5, 5.41) is 14.2. The molecule has 1 amide bonds. The Morgan fingerprint density at radius 2 is 1.75 bits per heavy atom. The Bertz CT molecular complexity index is 856. The number of nitrogens with zero attached hydrogens (tertiary/aromatic N) is 4. The van der Waals surface area contributed by atoms with Gasteiger partial charge in [0.15, 0.2) is 11.6 Å². The summed E-state index contributed by atoms with van der Waals surface area (Å²) in [5.74, 6) is 0.252. The van der Waals surface area contributed by atoms with E-state index >= 15 is 0 Å². The third kappa shape index (κ3) is 3.52. The Morgan fingerprint density at radius 1 is 1.04 bits per heavy atom. The molecule has 0 fully saturated rings. The third-order valence-electron chi connectivity index (χ3n) is 3.43. The lowest BCUT2D eigenvalue weighted by Crippen LogP contribution is -2.20. The van der Waals surface area contributed by atoms with Gasteiger partial charge in [0.1, 0.15) is 6.54 Å². The molecule has 0 spiro atoms. The van der Waals surface area contributed by atoms with Crippen molar-refractivity contribution >= 4 is 17.4 Å². The lowest BCUT2D eigenvalue weighted by atomic mass is 10.1. The molecule has 3 aromatic rings. The number of ketones is 1. The van der Waals surface area contributed by atoms with Gasteiger partial charge in [0.25, 0.3) is 0 Å². The first kappa shape index (κ1) is 15.5. The van der Waals surface area contributed by atoms with Crippen LogP contribution in [-0.2, 0) is 11.3 Å². The van der Waals surface area contributed by atoms with E-state index in [1.54, 1.807) is 24.3 Å². The van der Waals surface area contributed by atoms with Crippen molar-refractivity contribution in [1.82, 2.24) is 20.2 Å². The van der Waals surface area contributed by atoms with Crippen molar-refractivity contribution in [3.8, 4) is 11.4 Å². The highest BCUT2D eigenvalue weighted by molar-refractivity contribution is 5.95. The number of tetrazole rings is 1. The molecule has 0 aliphatic heterocycles. The zero-order valence-electron chi connectivity index (χ0n) is 13.0. The Balaban J connectivity index is 1.70. The van der Waals surface area contributed by atoms with Crippen molar-refractivity contribution in [2.45, 2.75) is 13.5 Å². The molecule has 0 saturated heterocycles. The number of hydrogen-bond acceptors (Lipinski definition) is 5. The summed E-state index contributed by atoms with van der Waals surface area (Å²) in [4.78, 5) is 23.4. The molecule has 7 heteroatoms. The topological polar surface area (TPSA) is 89.8 Å². The van der Waals surface area contributed by atoms with E-state index in [1.165, 1.54) is 11.6 Å². The highest BCUT2D eigenvalue weighted by Gasteiger charge is 2.12. The average Bonchev–Trinajstić information content (AvgIpc) is 3.04. The summed E-state index contributed by atoms with van der Waals surface area (Å²) >= 11 is 0.